The van der Waals surface area contributed by atoms with Gasteiger partial charge in [-0.25, -0.2) is 4.52 Å². The molecule has 3 heterocycles. The van der Waals surface area contributed by atoms with Crippen molar-refractivity contribution in [2.24, 2.45) is 0 Å². The first kappa shape index (κ1) is 21.8. The third kappa shape index (κ3) is 4.07. The number of amides is 1. The third-order valence-electron chi connectivity index (χ3n) is 5.97. The van der Waals surface area contributed by atoms with Crippen molar-refractivity contribution in [1.29, 1.82) is 0 Å². The van der Waals surface area contributed by atoms with Crippen LogP contribution >= 0.6 is 23.2 Å². The number of hydrogen-bond acceptors (Lipinski definition) is 3. The van der Waals surface area contributed by atoms with Gasteiger partial charge in [0.15, 0.2) is 0 Å². The van der Waals surface area contributed by atoms with Gasteiger partial charge in [0.1, 0.15) is 5.75 Å². The Bertz CT molecular complexity index is 1340. The van der Waals surface area contributed by atoms with E-state index in [4.69, 9.17) is 27.9 Å². The minimum absolute atomic E-state index is 0.102. The molecule has 0 unspecified atom stereocenters. The minimum atomic E-state index is -0.135. The van der Waals surface area contributed by atoms with Crippen LogP contribution in [-0.4, -0.2) is 22.1 Å². The summed E-state index contributed by atoms with van der Waals surface area (Å²) < 4.78 is 7.58. The fourth-order valence-corrected chi connectivity index (χ4v) is 5.04. The first-order chi connectivity index (χ1) is 15.9. The maximum atomic E-state index is 13.4. The highest BCUT2D eigenvalue weighted by Crippen LogP contribution is 2.34. The molecule has 0 radical (unpaired) electrons. The van der Waals surface area contributed by atoms with E-state index in [1.807, 2.05) is 53.0 Å². The van der Waals surface area contributed by atoms with Gasteiger partial charge in [0.25, 0.3) is 5.91 Å². The second-order valence-electron chi connectivity index (χ2n) is 8.50. The van der Waals surface area contributed by atoms with E-state index in [0.29, 0.717) is 22.2 Å². The lowest BCUT2D eigenvalue weighted by atomic mass is 9.96. The largest absolute Gasteiger partial charge is 0.493 e. The smallest absolute Gasteiger partial charge is 0.253 e. The normalized spacial score (nSPS) is 15.4. The zero-order valence-corrected chi connectivity index (χ0v) is 19.8. The van der Waals surface area contributed by atoms with Crippen molar-refractivity contribution in [2.75, 3.05) is 6.61 Å². The van der Waals surface area contributed by atoms with Crippen LogP contribution in [0.25, 0.3) is 16.8 Å². The maximum absolute atomic E-state index is 13.4. The number of aromatic nitrogens is 2. The molecule has 5 rings (SSSR count). The molecule has 33 heavy (non-hydrogen) atoms. The number of rotatable bonds is 4. The summed E-state index contributed by atoms with van der Waals surface area (Å²) in [4.78, 5) is 13.4. The number of nitrogens with one attached hydrogen (secondary N) is 1. The molecule has 5 nitrogen and oxygen atoms in total. The molecule has 0 bridgehead atoms. The van der Waals surface area contributed by atoms with Crippen molar-refractivity contribution < 1.29 is 9.53 Å². The lowest BCUT2D eigenvalue weighted by Gasteiger charge is -2.27. The zero-order chi connectivity index (χ0) is 23.1. The highest BCUT2D eigenvalue weighted by molar-refractivity contribution is 6.35. The molecule has 1 N–H and O–H groups in total. The van der Waals surface area contributed by atoms with E-state index in [2.05, 4.69) is 24.3 Å². The summed E-state index contributed by atoms with van der Waals surface area (Å²) in [5.41, 5.74) is 5.14. The Hall–Kier alpha value is -3.02. The van der Waals surface area contributed by atoms with E-state index in [1.165, 1.54) is 0 Å². The fourth-order valence-electron chi connectivity index (χ4n) is 4.52. The standard InChI is InChI=1S/C26H23Cl2N3O2/c1-15(2)25-20(26(32)30-21-9-10-33-24-6-4-3-5-19(21)24)14-29-31-22(7-8-23(25)31)16-11-17(27)13-18(28)12-16/h3-8,11-15,21H,9-10H2,1-2H3,(H,30,32)/t21-/m0/s1. The molecule has 1 aliphatic heterocycles. The van der Waals surface area contributed by atoms with E-state index in [1.54, 1.807) is 12.3 Å². The van der Waals surface area contributed by atoms with Gasteiger partial charge in [-0.1, -0.05) is 55.2 Å². The molecule has 7 heteroatoms. The van der Waals surface area contributed by atoms with Gasteiger partial charge in [-0.15, -0.1) is 0 Å². The lowest BCUT2D eigenvalue weighted by Crippen LogP contribution is -2.33. The molecule has 0 saturated carbocycles. The number of nitrogens with zero attached hydrogens (tertiary/aromatic N) is 2. The van der Waals surface area contributed by atoms with Crippen LogP contribution in [0, 0.1) is 0 Å². The molecule has 2 aromatic heterocycles. The van der Waals surface area contributed by atoms with Crippen molar-refractivity contribution >= 4 is 34.6 Å². The van der Waals surface area contributed by atoms with E-state index >= 15 is 0 Å². The van der Waals surface area contributed by atoms with Gasteiger partial charge < -0.3 is 10.1 Å². The van der Waals surface area contributed by atoms with Crippen LogP contribution < -0.4 is 10.1 Å². The minimum Gasteiger partial charge on any atom is -0.493 e. The predicted molar refractivity (Wildman–Crippen MR) is 131 cm³/mol. The Morgan fingerprint density at radius 1 is 1.12 bits per heavy atom. The van der Waals surface area contributed by atoms with Gasteiger partial charge in [0.05, 0.1) is 35.6 Å². The van der Waals surface area contributed by atoms with Crippen LogP contribution in [0.4, 0.5) is 0 Å². The molecular weight excluding hydrogens is 457 g/mol. The van der Waals surface area contributed by atoms with Gasteiger partial charge in [-0.05, 0) is 47.9 Å². The highest BCUT2D eigenvalue weighted by atomic mass is 35.5. The average molecular weight is 480 g/mol. The number of carbonyl (C=O) groups excluding carboxylic acids is 1. The summed E-state index contributed by atoms with van der Waals surface area (Å²) >= 11 is 12.4. The van der Waals surface area contributed by atoms with Crippen molar-refractivity contribution in [1.82, 2.24) is 14.9 Å². The van der Waals surface area contributed by atoms with E-state index in [9.17, 15) is 4.79 Å². The third-order valence-corrected chi connectivity index (χ3v) is 6.40. The average Bonchev–Trinajstić information content (AvgIpc) is 3.22. The molecule has 0 fully saturated rings. The van der Waals surface area contributed by atoms with Gasteiger partial charge in [-0.3, -0.25) is 4.79 Å². The Labute approximate surface area is 202 Å². The molecular formula is C26H23Cl2N3O2. The van der Waals surface area contributed by atoms with E-state index < -0.39 is 0 Å². The van der Waals surface area contributed by atoms with Gasteiger partial charge in [0.2, 0.25) is 0 Å². The van der Waals surface area contributed by atoms with Crippen molar-refractivity contribution in [2.45, 2.75) is 32.2 Å². The Morgan fingerprint density at radius 3 is 2.64 bits per heavy atom. The molecule has 1 aliphatic rings. The van der Waals surface area contributed by atoms with Crippen LogP contribution in [0.2, 0.25) is 10.0 Å². The monoisotopic (exact) mass is 479 g/mol. The molecule has 2 aromatic carbocycles. The number of halogens is 2. The van der Waals surface area contributed by atoms with Crippen LogP contribution in [0.3, 0.4) is 0 Å². The van der Waals surface area contributed by atoms with Crippen LogP contribution in [0.15, 0.2) is 60.8 Å². The second kappa shape index (κ2) is 8.73. The Morgan fingerprint density at radius 2 is 1.88 bits per heavy atom. The van der Waals surface area contributed by atoms with Crippen molar-refractivity contribution in [3.05, 3.63) is 87.5 Å². The summed E-state index contributed by atoms with van der Waals surface area (Å²) in [7, 11) is 0. The number of ether oxygens (including phenoxy) is 1. The topological polar surface area (TPSA) is 55.6 Å². The number of fused-ring (bicyclic) bond motifs is 2. The molecule has 4 aromatic rings. The molecule has 1 atom stereocenters. The number of benzene rings is 2. The maximum Gasteiger partial charge on any atom is 0.253 e. The first-order valence-electron chi connectivity index (χ1n) is 10.9. The highest BCUT2D eigenvalue weighted by Gasteiger charge is 2.26. The van der Waals surface area contributed by atoms with Gasteiger partial charge in [0, 0.05) is 27.6 Å². The summed E-state index contributed by atoms with van der Waals surface area (Å²) in [6.45, 7) is 4.73. The van der Waals surface area contributed by atoms with Crippen molar-refractivity contribution in [3.63, 3.8) is 0 Å². The molecule has 0 aliphatic carbocycles. The number of carbonyl (C=O) groups is 1. The molecule has 0 spiro atoms. The van der Waals surface area contributed by atoms with E-state index in [-0.39, 0.29) is 17.9 Å². The lowest BCUT2D eigenvalue weighted by molar-refractivity contribution is 0.0923. The summed E-state index contributed by atoms with van der Waals surface area (Å²) in [5, 5.41) is 8.94. The van der Waals surface area contributed by atoms with Crippen LogP contribution in [0.5, 0.6) is 5.75 Å². The van der Waals surface area contributed by atoms with Crippen LogP contribution in [-0.2, 0) is 0 Å². The van der Waals surface area contributed by atoms with Crippen molar-refractivity contribution in [3.8, 4) is 17.0 Å². The summed E-state index contributed by atoms with van der Waals surface area (Å²) in [6.07, 6.45) is 2.37. The summed E-state index contributed by atoms with van der Waals surface area (Å²) in [5.74, 6) is 0.802. The Balaban J connectivity index is 1.54. The fraction of sp³-hybridized carbons (Fsp3) is 0.231. The van der Waals surface area contributed by atoms with Gasteiger partial charge in [-0.2, -0.15) is 5.10 Å². The first-order valence-corrected chi connectivity index (χ1v) is 11.7. The molecule has 1 amide bonds. The quantitative estimate of drug-likeness (QED) is 0.354. The van der Waals surface area contributed by atoms with E-state index in [0.717, 1.165) is 40.1 Å². The number of hydrogen-bond donors (Lipinski definition) is 1. The second-order valence-corrected chi connectivity index (χ2v) is 9.37. The van der Waals surface area contributed by atoms with Gasteiger partial charge >= 0.3 is 0 Å². The van der Waals surface area contributed by atoms with Crippen LogP contribution in [0.1, 0.15) is 53.7 Å². The zero-order valence-electron chi connectivity index (χ0n) is 18.3. The molecule has 168 valence electrons. The Kier molecular flexibility index (Phi) is 5.77. The number of para-hydroxylation sites is 1. The summed E-state index contributed by atoms with van der Waals surface area (Å²) in [6, 6.07) is 17.1. The molecule has 0 saturated heterocycles. The predicted octanol–water partition coefficient (Wildman–Crippen LogP) is 6.69. The SMILES string of the molecule is CC(C)c1c(C(=O)N[C@H]2CCOc3ccccc32)cnn2c(-c3cc(Cl)cc(Cl)c3)ccc12.